The standard InChI is InChI=1S/C25H27N3O5/c29-21-11-20-12-26(22(30)9-17-5-2-1-3-6-17)14-25(28(20)13-21)15-27(16-25)23(31)18-7-4-8-19(10-18)24(32)33/h1-8,10,20-21,29H,9,11-16H2,(H,32,33)/t20-,21-/m1/s1. The summed E-state index contributed by atoms with van der Waals surface area (Å²) >= 11 is 0. The van der Waals surface area contributed by atoms with Crippen molar-refractivity contribution < 1.29 is 24.6 Å². The molecular weight excluding hydrogens is 422 g/mol. The Morgan fingerprint density at radius 3 is 2.33 bits per heavy atom. The molecule has 0 bridgehead atoms. The van der Waals surface area contributed by atoms with Crippen molar-refractivity contribution >= 4 is 17.8 Å². The molecule has 0 aromatic heterocycles. The van der Waals surface area contributed by atoms with Gasteiger partial charge in [-0.15, -0.1) is 0 Å². The van der Waals surface area contributed by atoms with Gasteiger partial charge in [0.2, 0.25) is 5.91 Å². The van der Waals surface area contributed by atoms with Crippen molar-refractivity contribution in [2.45, 2.75) is 30.5 Å². The highest BCUT2D eigenvalue weighted by molar-refractivity contribution is 5.98. The van der Waals surface area contributed by atoms with Crippen LogP contribution in [0.25, 0.3) is 0 Å². The maximum atomic E-state index is 13.1. The monoisotopic (exact) mass is 449 g/mol. The van der Waals surface area contributed by atoms with Gasteiger partial charge in [0.1, 0.15) is 0 Å². The summed E-state index contributed by atoms with van der Waals surface area (Å²) in [6.45, 7) is 2.53. The van der Waals surface area contributed by atoms with Crippen LogP contribution in [0.15, 0.2) is 54.6 Å². The van der Waals surface area contributed by atoms with Gasteiger partial charge < -0.3 is 20.0 Å². The van der Waals surface area contributed by atoms with E-state index < -0.39 is 12.1 Å². The normalized spacial score (nSPS) is 23.8. The Labute approximate surface area is 192 Å². The summed E-state index contributed by atoms with van der Waals surface area (Å²) in [6.07, 6.45) is 0.510. The first-order valence-corrected chi connectivity index (χ1v) is 11.2. The lowest BCUT2D eigenvalue weighted by molar-refractivity contribution is -0.146. The average Bonchev–Trinajstić information content (AvgIpc) is 3.17. The van der Waals surface area contributed by atoms with Crippen molar-refractivity contribution in [3.05, 3.63) is 71.3 Å². The number of carboxylic acid groups (broad SMARTS) is 1. The third kappa shape index (κ3) is 4.00. The zero-order chi connectivity index (χ0) is 23.2. The van der Waals surface area contributed by atoms with Gasteiger partial charge in [0.05, 0.1) is 23.6 Å². The Hall–Kier alpha value is -3.23. The van der Waals surface area contributed by atoms with E-state index in [2.05, 4.69) is 4.90 Å². The van der Waals surface area contributed by atoms with E-state index in [4.69, 9.17) is 0 Å². The summed E-state index contributed by atoms with van der Waals surface area (Å²) in [7, 11) is 0. The second kappa shape index (κ2) is 8.28. The molecule has 3 aliphatic heterocycles. The van der Waals surface area contributed by atoms with Crippen molar-refractivity contribution in [1.82, 2.24) is 14.7 Å². The zero-order valence-electron chi connectivity index (χ0n) is 18.3. The highest BCUT2D eigenvalue weighted by Gasteiger charge is 2.57. The van der Waals surface area contributed by atoms with E-state index in [1.54, 1.807) is 17.0 Å². The molecule has 0 radical (unpaired) electrons. The van der Waals surface area contributed by atoms with Crippen LogP contribution in [0.5, 0.6) is 0 Å². The first-order chi connectivity index (χ1) is 15.8. The van der Waals surface area contributed by atoms with E-state index >= 15 is 0 Å². The number of carbonyl (C=O) groups excluding carboxylic acids is 2. The number of carbonyl (C=O) groups is 3. The number of aliphatic hydroxyl groups excluding tert-OH is 1. The topological polar surface area (TPSA) is 101 Å². The molecule has 5 rings (SSSR count). The predicted molar refractivity (Wildman–Crippen MR) is 120 cm³/mol. The summed E-state index contributed by atoms with van der Waals surface area (Å²) in [5.41, 5.74) is 1.01. The van der Waals surface area contributed by atoms with Gasteiger partial charge in [-0.1, -0.05) is 36.4 Å². The van der Waals surface area contributed by atoms with Gasteiger partial charge in [0, 0.05) is 44.3 Å². The molecule has 0 aliphatic carbocycles. The van der Waals surface area contributed by atoms with Gasteiger partial charge in [-0.05, 0) is 30.2 Å². The SMILES string of the molecule is O=C(O)c1cccc(C(=O)N2CC3(CN(C(=O)Cc4ccccc4)C[C@H]4C[C@@H](O)CN43)C2)c1. The highest BCUT2D eigenvalue weighted by atomic mass is 16.4. The first-order valence-electron chi connectivity index (χ1n) is 11.2. The number of amides is 2. The van der Waals surface area contributed by atoms with Crippen LogP contribution >= 0.6 is 0 Å². The number of benzene rings is 2. The van der Waals surface area contributed by atoms with Crippen molar-refractivity contribution in [1.29, 1.82) is 0 Å². The van der Waals surface area contributed by atoms with Crippen LogP contribution in [0, 0.1) is 0 Å². The van der Waals surface area contributed by atoms with Crippen molar-refractivity contribution in [2.24, 2.45) is 0 Å². The summed E-state index contributed by atoms with van der Waals surface area (Å²) in [4.78, 5) is 43.3. The first kappa shape index (κ1) is 21.6. The van der Waals surface area contributed by atoms with Crippen molar-refractivity contribution in [2.75, 3.05) is 32.7 Å². The molecule has 3 saturated heterocycles. The summed E-state index contributed by atoms with van der Waals surface area (Å²) < 4.78 is 0. The maximum Gasteiger partial charge on any atom is 0.335 e. The minimum Gasteiger partial charge on any atom is -0.478 e. The zero-order valence-corrected chi connectivity index (χ0v) is 18.3. The van der Waals surface area contributed by atoms with Gasteiger partial charge in [-0.3, -0.25) is 14.5 Å². The molecule has 0 saturated carbocycles. The molecule has 0 unspecified atom stereocenters. The van der Waals surface area contributed by atoms with Gasteiger partial charge in [-0.25, -0.2) is 4.79 Å². The van der Waals surface area contributed by atoms with E-state index in [9.17, 15) is 24.6 Å². The Morgan fingerprint density at radius 1 is 0.909 bits per heavy atom. The second-order valence-electron chi connectivity index (χ2n) is 9.40. The second-order valence-corrected chi connectivity index (χ2v) is 9.40. The number of aromatic carboxylic acids is 1. The summed E-state index contributed by atoms with van der Waals surface area (Å²) in [5, 5.41) is 19.5. The largest absolute Gasteiger partial charge is 0.478 e. The maximum absolute atomic E-state index is 13.1. The van der Waals surface area contributed by atoms with E-state index in [1.165, 1.54) is 12.1 Å². The molecule has 3 fully saturated rings. The number of hydrogen-bond donors (Lipinski definition) is 2. The fraction of sp³-hybridized carbons (Fsp3) is 0.400. The number of likely N-dealkylation sites (tertiary alicyclic amines) is 1. The Balaban J connectivity index is 1.32. The van der Waals surface area contributed by atoms with Crippen LogP contribution in [0.1, 0.15) is 32.7 Å². The third-order valence-corrected chi connectivity index (χ3v) is 7.08. The molecular formula is C25H27N3O5. The van der Waals surface area contributed by atoms with E-state index in [0.29, 0.717) is 51.1 Å². The van der Waals surface area contributed by atoms with Crippen molar-refractivity contribution in [3.8, 4) is 0 Å². The molecule has 2 N–H and O–H groups in total. The summed E-state index contributed by atoms with van der Waals surface area (Å²) in [5.74, 6) is -1.23. The number of carboxylic acids is 1. The van der Waals surface area contributed by atoms with Crippen LogP contribution in [-0.4, -0.2) is 93.1 Å². The van der Waals surface area contributed by atoms with Gasteiger partial charge >= 0.3 is 5.97 Å². The predicted octanol–water partition coefficient (Wildman–Crippen LogP) is 1.10. The number of piperazine rings is 1. The fourth-order valence-corrected chi connectivity index (χ4v) is 5.54. The molecule has 33 heavy (non-hydrogen) atoms. The molecule has 3 aliphatic rings. The summed E-state index contributed by atoms with van der Waals surface area (Å²) in [6, 6.07) is 15.8. The van der Waals surface area contributed by atoms with Crippen LogP contribution < -0.4 is 0 Å². The van der Waals surface area contributed by atoms with E-state index in [1.807, 2.05) is 35.2 Å². The lowest BCUT2D eigenvalue weighted by Crippen LogP contribution is -2.79. The van der Waals surface area contributed by atoms with Gasteiger partial charge in [0.25, 0.3) is 5.91 Å². The molecule has 2 atom stereocenters. The number of hydrogen-bond acceptors (Lipinski definition) is 5. The average molecular weight is 450 g/mol. The Bertz CT molecular complexity index is 1080. The van der Waals surface area contributed by atoms with Crippen LogP contribution in [0.2, 0.25) is 0 Å². The number of fused-ring (bicyclic) bond motifs is 2. The van der Waals surface area contributed by atoms with Gasteiger partial charge in [-0.2, -0.15) is 0 Å². The lowest BCUT2D eigenvalue weighted by atomic mass is 9.83. The third-order valence-electron chi connectivity index (χ3n) is 7.08. The number of nitrogens with zero attached hydrogens (tertiary/aromatic N) is 3. The van der Waals surface area contributed by atoms with Crippen LogP contribution in [0.3, 0.4) is 0 Å². The number of aliphatic hydroxyl groups is 1. The Kier molecular flexibility index (Phi) is 5.42. The molecule has 8 heteroatoms. The highest BCUT2D eigenvalue weighted by Crippen LogP contribution is 2.39. The van der Waals surface area contributed by atoms with Crippen molar-refractivity contribution in [3.63, 3.8) is 0 Å². The molecule has 2 aromatic rings. The molecule has 3 heterocycles. The molecule has 8 nitrogen and oxygen atoms in total. The van der Waals surface area contributed by atoms with Crippen LogP contribution in [0.4, 0.5) is 0 Å². The Morgan fingerprint density at radius 2 is 1.61 bits per heavy atom. The minimum absolute atomic E-state index is 0.0561. The molecule has 2 aromatic carbocycles. The van der Waals surface area contributed by atoms with Gasteiger partial charge in [0.15, 0.2) is 0 Å². The smallest absolute Gasteiger partial charge is 0.335 e. The minimum atomic E-state index is -1.07. The quantitative estimate of drug-likeness (QED) is 0.725. The molecule has 172 valence electrons. The fourth-order valence-electron chi connectivity index (χ4n) is 5.54. The lowest BCUT2D eigenvalue weighted by Gasteiger charge is -2.60. The molecule has 1 spiro atoms. The molecule has 2 amide bonds. The van der Waals surface area contributed by atoms with E-state index in [-0.39, 0.29) is 29.0 Å². The van der Waals surface area contributed by atoms with Crippen LogP contribution in [-0.2, 0) is 11.2 Å². The number of rotatable bonds is 4. The van der Waals surface area contributed by atoms with E-state index in [0.717, 1.165) is 5.56 Å². The number of β-amino-alcohol motifs (C(OH)–C–C–N with tert-alkyl or cyclic N) is 1.